The number of hydrogen-bond acceptors (Lipinski definition) is 6. The predicted molar refractivity (Wildman–Crippen MR) is 167 cm³/mol. The summed E-state index contributed by atoms with van der Waals surface area (Å²) in [5, 5.41) is 2.99. The van der Waals surface area contributed by atoms with Crippen LogP contribution in [0.1, 0.15) is 49.4 Å². The standard InChI is InChI=1S/C32H30BrN3O4S/c1-18(2)20-11-13-21(14-12-20)29-28(30(37)35-23-9-7-6-8-10-23)19(3)34-32-36(29)31(38)27(41-32)16-22-15-24(33)26(40-5)17-25(22)39-4/h6-18,29H,1-5H3,(H,35,37)/b27-16-. The van der Waals surface area contributed by atoms with Gasteiger partial charge in [-0.3, -0.25) is 14.2 Å². The molecule has 41 heavy (non-hydrogen) atoms. The van der Waals surface area contributed by atoms with Gasteiger partial charge in [0.05, 0.1) is 40.5 Å². The van der Waals surface area contributed by atoms with Crippen molar-refractivity contribution in [3.63, 3.8) is 0 Å². The maximum atomic E-state index is 14.1. The summed E-state index contributed by atoms with van der Waals surface area (Å²) in [5.41, 5.74) is 4.14. The number of hydrogen-bond donors (Lipinski definition) is 1. The minimum Gasteiger partial charge on any atom is -0.496 e. The number of carbonyl (C=O) groups is 1. The highest BCUT2D eigenvalue weighted by atomic mass is 79.9. The van der Waals surface area contributed by atoms with E-state index < -0.39 is 6.04 Å². The van der Waals surface area contributed by atoms with Gasteiger partial charge >= 0.3 is 0 Å². The van der Waals surface area contributed by atoms with E-state index >= 15 is 0 Å². The van der Waals surface area contributed by atoms with Crippen LogP contribution in [0.5, 0.6) is 11.5 Å². The van der Waals surface area contributed by atoms with Crippen LogP contribution in [-0.2, 0) is 4.79 Å². The Morgan fingerprint density at radius 1 is 1.05 bits per heavy atom. The molecule has 210 valence electrons. The number of ether oxygens (including phenoxy) is 2. The zero-order valence-corrected chi connectivity index (χ0v) is 25.8. The summed E-state index contributed by atoms with van der Waals surface area (Å²) in [6, 6.07) is 20.3. The fraction of sp³-hybridized carbons (Fsp3) is 0.219. The molecule has 1 amide bonds. The van der Waals surface area contributed by atoms with Gasteiger partial charge in [-0.1, -0.05) is 67.6 Å². The molecule has 1 N–H and O–H groups in total. The molecule has 1 aliphatic rings. The van der Waals surface area contributed by atoms with E-state index in [9.17, 15) is 9.59 Å². The van der Waals surface area contributed by atoms with E-state index in [1.165, 1.54) is 16.9 Å². The maximum absolute atomic E-state index is 14.1. The second-order valence-corrected chi connectivity index (χ2v) is 11.8. The molecule has 0 fully saturated rings. The lowest BCUT2D eigenvalue weighted by Crippen LogP contribution is -2.40. The Morgan fingerprint density at radius 3 is 2.37 bits per heavy atom. The van der Waals surface area contributed by atoms with Crippen LogP contribution in [-0.4, -0.2) is 24.7 Å². The Kier molecular flexibility index (Phi) is 8.28. The fourth-order valence-corrected chi connectivity index (χ4v) is 6.41. The van der Waals surface area contributed by atoms with E-state index in [0.29, 0.717) is 49.3 Å². The molecule has 1 aromatic heterocycles. The van der Waals surface area contributed by atoms with Gasteiger partial charge in [-0.15, -0.1) is 0 Å². The lowest BCUT2D eigenvalue weighted by Gasteiger charge is -2.25. The number of anilines is 1. The summed E-state index contributed by atoms with van der Waals surface area (Å²) in [6.45, 7) is 6.08. The topological polar surface area (TPSA) is 81.9 Å². The Labute approximate surface area is 250 Å². The zero-order valence-electron chi connectivity index (χ0n) is 23.4. The fourth-order valence-electron chi connectivity index (χ4n) is 4.85. The number of allylic oxidation sites excluding steroid dienone is 1. The van der Waals surface area contributed by atoms with Crippen molar-refractivity contribution in [1.29, 1.82) is 0 Å². The van der Waals surface area contributed by atoms with Crippen molar-refractivity contribution in [2.75, 3.05) is 19.5 Å². The molecule has 1 atom stereocenters. The molecule has 7 nitrogen and oxygen atoms in total. The lowest BCUT2D eigenvalue weighted by molar-refractivity contribution is -0.113. The van der Waals surface area contributed by atoms with Crippen LogP contribution in [0.2, 0.25) is 0 Å². The number of methoxy groups -OCH3 is 2. The number of carbonyl (C=O) groups excluding carboxylic acids is 1. The molecule has 1 unspecified atom stereocenters. The molecule has 2 heterocycles. The number of rotatable bonds is 7. The number of nitrogens with one attached hydrogen (secondary N) is 1. The van der Waals surface area contributed by atoms with Gasteiger partial charge in [0.2, 0.25) is 0 Å². The van der Waals surface area contributed by atoms with E-state index in [-0.39, 0.29) is 11.5 Å². The van der Waals surface area contributed by atoms with Gasteiger partial charge < -0.3 is 14.8 Å². The third kappa shape index (κ3) is 5.64. The summed E-state index contributed by atoms with van der Waals surface area (Å²) in [5.74, 6) is 1.24. The minimum atomic E-state index is -0.650. The summed E-state index contributed by atoms with van der Waals surface area (Å²) in [7, 11) is 3.16. The molecule has 3 aromatic carbocycles. The van der Waals surface area contributed by atoms with Crippen molar-refractivity contribution in [3.05, 3.63) is 119 Å². The van der Waals surface area contributed by atoms with Gasteiger partial charge in [0.1, 0.15) is 11.5 Å². The number of nitrogens with zero attached hydrogens (tertiary/aromatic N) is 2. The SMILES string of the molecule is COc1cc(OC)c(/C=c2\sc3n(c2=O)C(c2ccc(C(C)C)cc2)C(C(=O)Nc2ccccc2)=C(C)N=3)cc1Br. The molecular weight excluding hydrogens is 602 g/mol. The molecule has 0 bridgehead atoms. The predicted octanol–water partition coefficient (Wildman–Crippen LogP) is 5.78. The first-order valence-corrected chi connectivity index (χ1v) is 14.7. The maximum Gasteiger partial charge on any atom is 0.271 e. The summed E-state index contributed by atoms with van der Waals surface area (Å²) >= 11 is 4.80. The van der Waals surface area contributed by atoms with E-state index in [1.807, 2.05) is 55.5 Å². The van der Waals surface area contributed by atoms with Crippen molar-refractivity contribution < 1.29 is 14.3 Å². The number of para-hydroxylation sites is 1. The average molecular weight is 633 g/mol. The smallest absolute Gasteiger partial charge is 0.271 e. The first kappa shape index (κ1) is 28.6. The highest BCUT2D eigenvalue weighted by Crippen LogP contribution is 2.34. The van der Waals surface area contributed by atoms with Gasteiger partial charge in [-0.2, -0.15) is 0 Å². The van der Waals surface area contributed by atoms with E-state index in [4.69, 9.17) is 14.5 Å². The number of fused-ring (bicyclic) bond motifs is 1. The Bertz CT molecular complexity index is 1820. The Balaban J connectivity index is 1.69. The van der Waals surface area contributed by atoms with Gasteiger partial charge in [-0.05, 0) is 64.2 Å². The van der Waals surface area contributed by atoms with Crippen molar-refractivity contribution in [3.8, 4) is 11.5 Å². The van der Waals surface area contributed by atoms with E-state index in [0.717, 1.165) is 10.0 Å². The largest absolute Gasteiger partial charge is 0.496 e. The summed E-state index contributed by atoms with van der Waals surface area (Å²) in [4.78, 5) is 33.1. The molecule has 0 saturated heterocycles. The van der Waals surface area contributed by atoms with Crippen LogP contribution in [0.4, 0.5) is 5.69 Å². The van der Waals surface area contributed by atoms with Crippen LogP contribution in [0.25, 0.3) is 6.08 Å². The van der Waals surface area contributed by atoms with E-state index in [2.05, 4.69) is 47.2 Å². The quantitative estimate of drug-likeness (QED) is 0.280. The van der Waals surface area contributed by atoms with Crippen LogP contribution in [0, 0.1) is 0 Å². The van der Waals surface area contributed by atoms with Gasteiger partial charge in [0, 0.05) is 17.3 Å². The van der Waals surface area contributed by atoms with Crippen LogP contribution in [0.3, 0.4) is 0 Å². The third-order valence-electron chi connectivity index (χ3n) is 7.01. The molecule has 9 heteroatoms. The molecule has 4 aromatic rings. The van der Waals surface area contributed by atoms with E-state index in [1.54, 1.807) is 30.9 Å². The molecular formula is C32H30BrN3O4S. The molecule has 0 aliphatic carbocycles. The third-order valence-corrected chi connectivity index (χ3v) is 8.61. The van der Waals surface area contributed by atoms with Crippen molar-refractivity contribution >= 4 is 44.9 Å². The average Bonchev–Trinajstić information content (AvgIpc) is 3.26. The lowest BCUT2D eigenvalue weighted by atomic mass is 9.93. The molecule has 5 rings (SSSR count). The Morgan fingerprint density at radius 2 is 1.73 bits per heavy atom. The number of halogens is 1. The van der Waals surface area contributed by atoms with Crippen molar-refractivity contribution in [2.24, 2.45) is 4.99 Å². The Hall–Kier alpha value is -3.95. The normalized spacial score (nSPS) is 15.0. The van der Waals surface area contributed by atoms with Crippen molar-refractivity contribution in [2.45, 2.75) is 32.7 Å². The zero-order chi connectivity index (χ0) is 29.3. The minimum absolute atomic E-state index is 0.238. The summed E-state index contributed by atoms with van der Waals surface area (Å²) in [6.07, 6.45) is 1.79. The van der Waals surface area contributed by atoms with Crippen molar-refractivity contribution in [1.82, 2.24) is 4.57 Å². The number of benzene rings is 3. The first-order valence-electron chi connectivity index (χ1n) is 13.1. The van der Waals surface area contributed by atoms with Gasteiger partial charge in [-0.25, -0.2) is 4.99 Å². The van der Waals surface area contributed by atoms with Crippen LogP contribution >= 0.6 is 27.3 Å². The van der Waals surface area contributed by atoms with Crippen LogP contribution < -0.4 is 29.7 Å². The highest BCUT2D eigenvalue weighted by molar-refractivity contribution is 9.10. The monoisotopic (exact) mass is 631 g/mol. The number of aromatic nitrogens is 1. The van der Waals surface area contributed by atoms with Crippen LogP contribution in [0.15, 0.2) is 92.3 Å². The molecule has 0 saturated carbocycles. The molecule has 1 aliphatic heterocycles. The van der Waals surface area contributed by atoms with Gasteiger partial charge in [0.25, 0.3) is 11.5 Å². The second-order valence-electron chi connectivity index (χ2n) is 9.95. The number of thiazole rings is 1. The summed E-state index contributed by atoms with van der Waals surface area (Å²) < 4.78 is 13.8. The second kappa shape index (κ2) is 11.9. The number of amides is 1. The molecule has 0 spiro atoms. The van der Waals surface area contributed by atoms with Gasteiger partial charge in [0.15, 0.2) is 4.80 Å². The molecule has 0 radical (unpaired) electrons. The highest BCUT2D eigenvalue weighted by Gasteiger charge is 2.32. The first-order chi connectivity index (χ1) is 19.7.